The van der Waals surface area contributed by atoms with Gasteiger partial charge in [0, 0.05) is 13.6 Å². The van der Waals surface area contributed by atoms with Gasteiger partial charge < -0.3 is 10.0 Å². The molecular formula is C13H15NO3. The standard InChI is InChI=1S/C13H15NO3/c1-14-8-2-3-11(12(14)15)9-4-6-10(7-5-9)13(16)17/h4-7,11H,2-3,8H2,1H3,(H,16,17). The average molecular weight is 233 g/mol. The largest absolute Gasteiger partial charge is 0.478 e. The molecule has 1 N–H and O–H groups in total. The van der Waals surface area contributed by atoms with Gasteiger partial charge in [0.25, 0.3) is 0 Å². The third-order valence-electron chi connectivity index (χ3n) is 3.22. The lowest BCUT2D eigenvalue weighted by Crippen LogP contribution is -2.36. The van der Waals surface area contributed by atoms with Gasteiger partial charge in [0.1, 0.15) is 0 Å². The minimum atomic E-state index is -0.941. The molecule has 4 nitrogen and oxygen atoms in total. The fourth-order valence-corrected chi connectivity index (χ4v) is 2.20. The first-order valence-corrected chi connectivity index (χ1v) is 5.68. The van der Waals surface area contributed by atoms with Crippen molar-refractivity contribution in [3.63, 3.8) is 0 Å². The third kappa shape index (κ3) is 2.30. The number of carbonyl (C=O) groups excluding carboxylic acids is 1. The van der Waals surface area contributed by atoms with Crippen molar-refractivity contribution in [2.45, 2.75) is 18.8 Å². The smallest absolute Gasteiger partial charge is 0.335 e. The predicted octanol–water partition coefficient (Wildman–Crippen LogP) is 1.72. The van der Waals surface area contributed by atoms with E-state index in [0.717, 1.165) is 24.9 Å². The molecule has 17 heavy (non-hydrogen) atoms. The fraction of sp³-hybridized carbons (Fsp3) is 0.385. The van der Waals surface area contributed by atoms with E-state index in [-0.39, 0.29) is 17.4 Å². The minimum absolute atomic E-state index is 0.114. The number of hydrogen-bond donors (Lipinski definition) is 1. The number of carbonyl (C=O) groups is 2. The average Bonchev–Trinajstić information content (AvgIpc) is 2.33. The number of benzene rings is 1. The Labute approximate surface area is 99.9 Å². The summed E-state index contributed by atoms with van der Waals surface area (Å²) >= 11 is 0. The van der Waals surface area contributed by atoms with Crippen molar-refractivity contribution < 1.29 is 14.7 Å². The summed E-state index contributed by atoms with van der Waals surface area (Å²) in [6.45, 7) is 0.808. The highest BCUT2D eigenvalue weighted by Crippen LogP contribution is 2.27. The minimum Gasteiger partial charge on any atom is -0.478 e. The van der Waals surface area contributed by atoms with Gasteiger partial charge in [0.05, 0.1) is 11.5 Å². The Bertz CT molecular complexity index is 438. The van der Waals surface area contributed by atoms with Crippen LogP contribution in [0.2, 0.25) is 0 Å². The van der Waals surface area contributed by atoms with E-state index in [0.29, 0.717) is 0 Å². The van der Waals surface area contributed by atoms with Crippen molar-refractivity contribution in [2.24, 2.45) is 0 Å². The fourth-order valence-electron chi connectivity index (χ4n) is 2.20. The van der Waals surface area contributed by atoms with Crippen molar-refractivity contribution in [3.8, 4) is 0 Å². The number of likely N-dealkylation sites (N-methyl/N-ethyl adjacent to an activating group) is 1. The second-order valence-corrected chi connectivity index (χ2v) is 4.38. The number of nitrogens with zero attached hydrogens (tertiary/aromatic N) is 1. The number of carboxylic acid groups (broad SMARTS) is 1. The van der Waals surface area contributed by atoms with Crippen LogP contribution in [0.1, 0.15) is 34.7 Å². The summed E-state index contributed by atoms with van der Waals surface area (Å²) in [4.78, 5) is 24.4. The van der Waals surface area contributed by atoms with E-state index in [4.69, 9.17) is 5.11 Å². The molecule has 0 saturated carbocycles. The Hall–Kier alpha value is -1.84. The van der Waals surface area contributed by atoms with E-state index < -0.39 is 5.97 Å². The Kier molecular flexibility index (Phi) is 3.13. The van der Waals surface area contributed by atoms with Crippen LogP contribution in [0.3, 0.4) is 0 Å². The lowest BCUT2D eigenvalue weighted by atomic mass is 9.89. The van der Waals surface area contributed by atoms with Gasteiger partial charge in [-0.3, -0.25) is 4.79 Å². The van der Waals surface area contributed by atoms with Gasteiger partial charge in [-0.15, -0.1) is 0 Å². The first-order valence-electron chi connectivity index (χ1n) is 5.68. The van der Waals surface area contributed by atoms with Crippen LogP contribution in [-0.2, 0) is 4.79 Å². The van der Waals surface area contributed by atoms with Crippen LogP contribution >= 0.6 is 0 Å². The maximum Gasteiger partial charge on any atom is 0.335 e. The van der Waals surface area contributed by atoms with Gasteiger partial charge in [-0.25, -0.2) is 4.79 Å². The second-order valence-electron chi connectivity index (χ2n) is 4.38. The van der Waals surface area contributed by atoms with Crippen molar-refractivity contribution in [2.75, 3.05) is 13.6 Å². The molecule has 1 amide bonds. The highest BCUT2D eigenvalue weighted by atomic mass is 16.4. The second kappa shape index (κ2) is 4.57. The number of likely N-dealkylation sites (tertiary alicyclic amines) is 1. The number of aromatic carboxylic acids is 1. The van der Waals surface area contributed by atoms with E-state index in [1.165, 1.54) is 0 Å². The quantitative estimate of drug-likeness (QED) is 0.846. The van der Waals surface area contributed by atoms with Gasteiger partial charge in [-0.2, -0.15) is 0 Å². The van der Waals surface area contributed by atoms with Crippen LogP contribution in [0.4, 0.5) is 0 Å². The van der Waals surface area contributed by atoms with Crippen molar-refractivity contribution in [1.29, 1.82) is 0 Å². The summed E-state index contributed by atoms with van der Waals surface area (Å²) in [6, 6.07) is 6.59. The van der Waals surface area contributed by atoms with Crippen LogP contribution in [0.25, 0.3) is 0 Å². The van der Waals surface area contributed by atoms with Gasteiger partial charge in [0.15, 0.2) is 0 Å². The van der Waals surface area contributed by atoms with Crippen molar-refractivity contribution >= 4 is 11.9 Å². The molecule has 0 aromatic heterocycles. The summed E-state index contributed by atoms with van der Waals surface area (Å²) in [5.74, 6) is -0.931. The van der Waals surface area contributed by atoms with Crippen LogP contribution in [0.15, 0.2) is 24.3 Å². The van der Waals surface area contributed by atoms with Crippen molar-refractivity contribution in [3.05, 3.63) is 35.4 Å². The Morgan fingerprint density at radius 2 is 2.00 bits per heavy atom. The van der Waals surface area contributed by atoms with Crippen LogP contribution in [0.5, 0.6) is 0 Å². The lowest BCUT2D eigenvalue weighted by Gasteiger charge is -2.29. The zero-order valence-electron chi connectivity index (χ0n) is 9.72. The van der Waals surface area contributed by atoms with Gasteiger partial charge >= 0.3 is 5.97 Å². The molecule has 90 valence electrons. The molecule has 1 aliphatic heterocycles. The Balaban J connectivity index is 2.22. The molecule has 1 fully saturated rings. The molecule has 4 heteroatoms. The van der Waals surface area contributed by atoms with Gasteiger partial charge in [-0.1, -0.05) is 12.1 Å². The van der Waals surface area contributed by atoms with Crippen LogP contribution < -0.4 is 0 Å². The molecular weight excluding hydrogens is 218 g/mol. The molecule has 0 radical (unpaired) electrons. The zero-order valence-corrected chi connectivity index (χ0v) is 9.72. The molecule has 0 aliphatic carbocycles. The SMILES string of the molecule is CN1CCCC(c2ccc(C(=O)O)cc2)C1=O. The normalized spacial score (nSPS) is 20.4. The highest BCUT2D eigenvalue weighted by Gasteiger charge is 2.27. The monoisotopic (exact) mass is 233 g/mol. The molecule has 1 atom stereocenters. The predicted molar refractivity (Wildman–Crippen MR) is 63.0 cm³/mol. The summed E-state index contributed by atoms with van der Waals surface area (Å²) < 4.78 is 0. The lowest BCUT2D eigenvalue weighted by molar-refractivity contribution is -0.133. The number of amides is 1. The first-order chi connectivity index (χ1) is 8.09. The van der Waals surface area contributed by atoms with Gasteiger partial charge in [-0.05, 0) is 30.5 Å². The molecule has 1 aromatic carbocycles. The summed E-state index contributed by atoms with van der Waals surface area (Å²) in [5, 5.41) is 8.80. The molecule has 0 bridgehead atoms. The Morgan fingerprint density at radius 1 is 1.35 bits per heavy atom. The van der Waals surface area contributed by atoms with E-state index in [2.05, 4.69) is 0 Å². The number of carboxylic acids is 1. The van der Waals surface area contributed by atoms with Crippen LogP contribution in [-0.4, -0.2) is 35.5 Å². The highest BCUT2D eigenvalue weighted by molar-refractivity contribution is 5.88. The topological polar surface area (TPSA) is 57.6 Å². The van der Waals surface area contributed by atoms with E-state index >= 15 is 0 Å². The molecule has 0 spiro atoms. The van der Waals surface area contributed by atoms with Gasteiger partial charge in [0.2, 0.25) is 5.91 Å². The summed E-state index contributed by atoms with van der Waals surface area (Å²) in [5.41, 5.74) is 1.16. The molecule has 1 unspecified atom stereocenters. The summed E-state index contributed by atoms with van der Waals surface area (Å²) in [6.07, 6.45) is 1.84. The zero-order chi connectivity index (χ0) is 12.4. The number of rotatable bonds is 2. The number of piperidine rings is 1. The Morgan fingerprint density at radius 3 is 2.59 bits per heavy atom. The molecule has 2 rings (SSSR count). The molecule has 1 aliphatic rings. The molecule has 1 heterocycles. The molecule has 1 aromatic rings. The van der Waals surface area contributed by atoms with E-state index in [9.17, 15) is 9.59 Å². The maximum absolute atomic E-state index is 12.0. The molecule has 1 saturated heterocycles. The maximum atomic E-state index is 12.0. The van der Waals surface area contributed by atoms with E-state index in [1.807, 2.05) is 0 Å². The van der Waals surface area contributed by atoms with Crippen molar-refractivity contribution in [1.82, 2.24) is 4.90 Å². The van der Waals surface area contributed by atoms with E-state index in [1.54, 1.807) is 36.2 Å². The first kappa shape index (κ1) is 11.6. The number of hydrogen-bond acceptors (Lipinski definition) is 2. The summed E-state index contributed by atoms with van der Waals surface area (Å²) in [7, 11) is 1.81. The van der Waals surface area contributed by atoms with Crippen LogP contribution in [0, 0.1) is 0 Å². The third-order valence-corrected chi connectivity index (χ3v) is 3.22.